The van der Waals surface area contributed by atoms with Gasteiger partial charge in [-0.2, -0.15) is 0 Å². The van der Waals surface area contributed by atoms with E-state index in [-0.39, 0.29) is 23.5 Å². The molecule has 3 rings (SSSR count). The maximum atomic E-state index is 13.3. The van der Waals surface area contributed by atoms with Crippen molar-refractivity contribution in [3.63, 3.8) is 0 Å². The summed E-state index contributed by atoms with van der Waals surface area (Å²) in [5.41, 5.74) is 1.56. The summed E-state index contributed by atoms with van der Waals surface area (Å²) >= 11 is 1.37. The number of ether oxygens (including phenoxy) is 2. The molecule has 0 saturated heterocycles. The number of nitrogens with zero attached hydrogens (tertiary/aromatic N) is 1. The number of aromatic nitrogens is 1. The van der Waals surface area contributed by atoms with E-state index in [1.807, 2.05) is 38.1 Å². The normalized spacial score (nSPS) is 10.7. The van der Waals surface area contributed by atoms with Crippen molar-refractivity contribution in [2.24, 2.45) is 0 Å². The molecule has 2 aromatic carbocycles. The number of amides is 1. The van der Waals surface area contributed by atoms with Crippen molar-refractivity contribution in [2.45, 2.75) is 20.0 Å². The third kappa shape index (κ3) is 4.62. The number of methoxy groups -OCH3 is 1. The molecule has 0 spiro atoms. The topological polar surface area (TPSA) is 60.5 Å². The second-order valence-electron chi connectivity index (χ2n) is 6.03. The van der Waals surface area contributed by atoms with Gasteiger partial charge >= 0.3 is 0 Å². The van der Waals surface area contributed by atoms with Gasteiger partial charge in [0.25, 0.3) is 5.91 Å². The van der Waals surface area contributed by atoms with E-state index >= 15 is 0 Å². The Hall–Kier alpha value is -2.93. The summed E-state index contributed by atoms with van der Waals surface area (Å²) < 4.78 is 24.0. The standard InChI is InChI=1S/C20H19FN2O3S/c1-12(2)26-15-7-4-13(5-8-15)20-23-17(11-27-20)19(24)22-16-9-6-14(21)10-18(16)25-3/h4-12H,1-3H3,(H,22,24). The van der Waals surface area contributed by atoms with Crippen molar-refractivity contribution in [1.82, 2.24) is 4.98 Å². The number of thiazole rings is 1. The Labute approximate surface area is 160 Å². The number of hydrogen-bond donors (Lipinski definition) is 1. The predicted molar refractivity (Wildman–Crippen MR) is 104 cm³/mol. The molecule has 0 fully saturated rings. The smallest absolute Gasteiger partial charge is 0.275 e. The van der Waals surface area contributed by atoms with Crippen LogP contribution in [0.2, 0.25) is 0 Å². The molecule has 27 heavy (non-hydrogen) atoms. The number of hydrogen-bond acceptors (Lipinski definition) is 5. The summed E-state index contributed by atoms with van der Waals surface area (Å²) in [6.07, 6.45) is 0.106. The van der Waals surface area contributed by atoms with E-state index in [1.54, 1.807) is 5.38 Å². The van der Waals surface area contributed by atoms with Crippen LogP contribution in [0.1, 0.15) is 24.3 Å². The maximum Gasteiger partial charge on any atom is 0.275 e. The minimum atomic E-state index is -0.439. The van der Waals surface area contributed by atoms with Crippen molar-refractivity contribution in [2.75, 3.05) is 12.4 Å². The number of anilines is 1. The Balaban J connectivity index is 1.74. The summed E-state index contributed by atoms with van der Waals surface area (Å²) in [4.78, 5) is 16.8. The van der Waals surface area contributed by atoms with Crippen LogP contribution in [0.3, 0.4) is 0 Å². The Bertz CT molecular complexity index is 939. The van der Waals surface area contributed by atoms with Gasteiger partial charge in [0.2, 0.25) is 0 Å². The monoisotopic (exact) mass is 386 g/mol. The highest BCUT2D eigenvalue weighted by atomic mass is 32.1. The second kappa shape index (κ2) is 8.18. The van der Waals surface area contributed by atoms with Crippen LogP contribution in [-0.4, -0.2) is 24.1 Å². The number of halogens is 1. The van der Waals surface area contributed by atoms with Crippen molar-refractivity contribution in [3.8, 4) is 22.1 Å². The fourth-order valence-electron chi connectivity index (χ4n) is 2.41. The van der Waals surface area contributed by atoms with Crippen LogP contribution < -0.4 is 14.8 Å². The van der Waals surface area contributed by atoms with Gasteiger partial charge in [-0.1, -0.05) is 0 Å². The van der Waals surface area contributed by atoms with E-state index in [9.17, 15) is 9.18 Å². The zero-order valence-corrected chi connectivity index (χ0v) is 16.0. The molecule has 0 aliphatic rings. The molecule has 1 N–H and O–H groups in total. The molecular formula is C20H19FN2O3S. The first-order valence-electron chi connectivity index (χ1n) is 8.34. The van der Waals surface area contributed by atoms with Gasteiger partial charge in [0.1, 0.15) is 28.0 Å². The Morgan fingerprint density at radius 3 is 2.59 bits per heavy atom. The molecule has 0 aliphatic heterocycles. The van der Waals surface area contributed by atoms with Gasteiger partial charge in [-0.05, 0) is 50.2 Å². The van der Waals surface area contributed by atoms with Crippen LogP contribution >= 0.6 is 11.3 Å². The van der Waals surface area contributed by atoms with E-state index in [4.69, 9.17) is 9.47 Å². The van der Waals surface area contributed by atoms with Crippen LogP contribution in [0.15, 0.2) is 47.8 Å². The fraction of sp³-hybridized carbons (Fsp3) is 0.200. The molecule has 3 aromatic rings. The minimum Gasteiger partial charge on any atom is -0.494 e. The molecule has 1 heterocycles. The molecule has 0 radical (unpaired) electrons. The molecule has 0 saturated carbocycles. The van der Waals surface area contributed by atoms with E-state index in [0.717, 1.165) is 16.3 Å². The van der Waals surface area contributed by atoms with Crippen LogP contribution in [0.25, 0.3) is 10.6 Å². The van der Waals surface area contributed by atoms with Crippen molar-refractivity contribution < 1.29 is 18.7 Å². The number of benzene rings is 2. The maximum absolute atomic E-state index is 13.3. The lowest BCUT2D eigenvalue weighted by Crippen LogP contribution is -2.13. The van der Waals surface area contributed by atoms with Crippen molar-refractivity contribution >= 4 is 22.9 Å². The first-order chi connectivity index (χ1) is 13.0. The molecule has 1 aromatic heterocycles. The van der Waals surface area contributed by atoms with Gasteiger partial charge in [0.15, 0.2) is 0 Å². The first kappa shape index (κ1) is 18.8. The lowest BCUT2D eigenvalue weighted by atomic mass is 10.2. The molecule has 7 heteroatoms. The van der Waals surface area contributed by atoms with Gasteiger partial charge in [-0.3, -0.25) is 4.79 Å². The second-order valence-corrected chi connectivity index (χ2v) is 6.89. The summed E-state index contributed by atoms with van der Waals surface area (Å²) in [6.45, 7) is 3.94. The predicted octanol–water partition coefficient (Wildman–Crippen LogP) is 5.00. The zero-order valence-electron chi connectivity index (χ0n) is 15.2. The Morgan fingerprint density at radius 2 is 1.93 bits per heavy atom. The molecule has 0 atom stereocenters. The first-order valence-corrected chi connectivity index (χ1v) is 9.21. The lowest BCUT2D eigenvalue weighted by Gasteiger charge is -2.09. The third-order valence-corrected chi connectivity index (χ3v) is 4.51. The summed E-state index contributed by atoms with van der Waals surface area (Å²) in [5.74, 6) is 0.207. The zero-order chi connectivity index (χ0) is 19.4. The van der Waals surface area contributed by atoms with Gasteiger partial charge in [0.05, 0.1) is 18.9 Å². The van der Waals surface area contributed by atoms with E-state index in [2.05, 4.69) is 10.3 Å². The number of rotatable bonds is 6. The van der Waals surface area contributed by atoms with Crippen LogP contribution in [0.4, 0.5) is 10.1 Å². The highest BCUT2D eigenvalue weighted by Crippen LogP contribution is 2.28. The van der Waals surface area contributed by atoms with Crippen molar-refractivity contribution in [3.05, 3.63) is 59.4 Å². The number of carbonyl (C=O) groups excluding carboxylic acids is 1. The van der Waals surface area contributed by atoms with Crippen LogP contribution in [0.5, 0.6) is 11.5 Å². The summed E-state index contributed by atoms with van der Waals surface area (Å²) in [7, 11) is 1.41. The van der Waals surface area contributed by atoms with E-state index in [0.29, 0.717) is 5.69 Å². The Morgan fingerprint density at radius 1 is 1.19 bits per heavy atom. The lowest BCUT2D eigenvalue weighted by molar-refractivity contribution is 0.102. The SMILES string of the molecule is COc1cc(F)ccc1NC(=O)c1csc(-c2ccc(OC(C)C)cc2)n1. The molecule has 0 bridgehead atoms. The molecule has 0 aliphatic carbocycles. The van der Waals surface area contributed by atoms with E-state index in [1.165, 1.54) is 36.6 Å². The van der Waals surface area contributed by atoms with Gasteiger partial charge in [-0.25, -0.2) is 9.37 Å². The number of carbonyl (C=O) groups is 1. The fourth-order valence-corrected chi connectivity index (χ4v) is 3.22. The quantitative estimate of drug-likeness (QED) is 0.648. The average molecular weight is 386 g/mol. The Kier molecular flexibility index (Phi) is 5.71. The van der Waals surface area contributed by atoms with Crippen LogP contribution in [-0.2, 0) is 0 Å². The average Bonchev–Trinajstić information content (AvgIpc) is 3.13. The molecule has 140 valence electrons. The minimum absolute atomic E-state index is 0.106. The van der Waals surface area contributed by atoms with E-state index < -0.39 is 5.82 Å². The van der Waals surface area contributed by atoms with Crippen molar-refractivity contribution in [1.29, 1.82) is 0 Å². The molecular weight excluding hydrogens is 367 g/mol. The molecule has 0 unspecified atom stereocenters. The van der Waals surface area contributed by atoms with Crippen LogP contribution in [0, 0.1) is 5.82 Å². The highest BCUT2D eigenvalue weighted by molar-refractivity contribution is 7.13. The van der Waals surface area contributed by atoms with Gasteiger partial charge < -0.3 is 14.8 Å². The highest BCUT2D eigenvalue weighted by Gasteiger charge is 2.15. The summed E-state index contributed by atoms with van der Waals surface area (Å²) in [6, 6.07) is 11.5. The molecule has 5 nitrogen and oxygen atoms in total. The third-order valence-electron chi connectivity index (χ3n) is 3.62. The van der Waals surface area contributed by atoms with Gasteiger partial charge in [0, 0.05) is 17.0 Å². The molecule has 1 amide bonds. The summed E-state index contributed by atoms with van der Waals surface area (Å²) in [5, 5.41) is 5.10. The largest absolute Gasteiger partial charge is 0.494 e. The van der Waals surface area contributed by atoms with Gasteiger partial charge in [-0.15, -0.1) is 11.3 Å². The number of nitrogens with one attached hydrogen (secondary N) is 1.